The van der Waals surface area contributed by atoms with Gasteiger partial charge in [0.15, 0.2) is 0 Å². The Morgan fingerprint density at radius 2 is 1.67 bits per heavy atom. The predicted octanol–water partition coefficient (Wildman–Crippen LogP) is 6.17. The van der Waals surface area contributed by atoms with E-state index in [0.717, 1.165) is 44.9 Å². The number of carbonyl (C=O) groups excluding carboxylic acids is 3. The number of carbonyl (C=O) groups is 3. The molecule has 0 aromatic heterocycles. The van der Waals surface area contributed by atoms with Gasteiger partial charge in [-0.2, -0.15) is 0 Å². The molecule has 4 atom stereocenters. The number of aliphatic hydroxyl groups is 1. The van der Waals surface area contributed by atoms with Crippen molar-refractivity contribution < 1.29 is 33.7 Å². The molecular formula is C37H54N4O7. The monoisotopic (exact) mass is 666 g/mol. The number of rotatable bonds is 8. The van der Waals surface area contributed by atoms with Gasteiger partial charge in [-0.25, -0.2) is 4.79 Å². The number of benzene rings is 2. The number of hydrogen-bond acceptors (Lipinski definition) is 7. The molecule has 2 aromatic carbocycles. The van der Waals surface area contributed by atoms with E-state index in [4.69, 9.17) is 14.2 Å². The number of aliphatic hydroxyl groups excluding tert-OH is 1. The lowest BCUT2D eigenvalue weighted by Gasteiger charge is -2.36. The summed E-state index contributed by atoms with van der Waals surface area (Å²) in [5.74, 6) is 0.842. The van der Waals surface area contributed by atoms with Crippen molar-refractivity contribution in [1.29, 1.82) is 0 Å². The minimum absolute atomic E-state index is 0.0594. The van der Waals surface area contributed by atoms with Crippen molar-refractivity contribution in [2.75, 3.05) is 51.1 Å². The third-order valence-electron chi connectivity index (χ3n) is 9.44. The van der Waals surface area contributed by atoms with Crippen molar-refractivity contribution in [3.05, 3.63) is 48.0 Å². The van der Waals surface area contributed by atoms with Crippen LogP contribution in [0.4, 0.5) is 16.2 Å². The molecule has 11 nitrogen and oxygen atoms in total. The smallest absolute Gasteiger partial charge is 0.323 e. The minimum atomic E-state index is -0.504. The Balaban J connectivity index is 1.57. The molecule has 0 spiro atoms. The fraction of sp³-hybridized carbons (Fsp3) is 0.595. The van der Waals surface area contributed by atoms with E-state index in [2.05, 4.69) is 10.6 Å². The second-order valence-corrected chi connectivity index (χ2v) is 13.4. The maximum atomic E-state index is 14.4. The second kappa shape index (κ2) is 18.1. The average Bonchev–Trinajstić information content (AvgIpc) is 3.09. The van der Waals surface area contributed by atoms with Gasteiger partial charge in [0, 0.05) is 50.0 Å². The first-order chi connectivity index (χ1) is 23.1. The number of likely N-dealkylation sites (N-methyl/N-ethyl adjacent to an activating group) is 1. The Kier molecular flexibility index (Phi) is 13.9. The van der Waals surface area contributed by atoms with E-state index in [1.807, 2.05) is 25.8 Å². The van der Waals surface area contributed by atoms with Crippen LogP contribution in [-0.2, 0) is 9.53 Å². The van der Waals surface area contributed by atoms with Crippen LogP contribution in [0.5, 0.6) is 11.5 Å². The molecule has 2 aliphatic rings. The number of methoxy groups -OCH3 is 1. The van der Waals surface area contributed by atoms with Gasteiger partial charge in [0.25, 0.3) is 5.91 Å². The van der Waals surface area contributed by atoms with Crippen LogP contribution in [0.25, 0.3) is 0 Å². The van der Waals surface area contributed by atoms with Gasteiger partial charge >= 0.3 is 6.03 Å². The fourth-order valence-electron chi connectivity index (χ4n) is 6.45. The zero-order chi connectivity index (χ0) is 34.6. The Morgan fingerprint density at radius 3 is 2.35 bits per heavy atom. The van der Waals surface area contributed by atoms with Gasteiger partial charge in [0.2, 0.25) is 5.91 Å². The number of urea groups is 1. The van der Waals surface area contributed by atoms with Crippen LogP contribution < -0.4 is 20.1 Å². The standard InChI is InChI=1S/C37H54N4O7/c1-25-22-41(26(2)24-42)36(44)32-21-30(39-37(45)38-29-14-17-31(46-5)18-15-29)16-19-33(32)48-27(3)11-9-10-20-47-34(25)23-40(4)35(43)28-12-7-6-8-13-28/h14-19,21,25-28,34,42H,6-13,20,22-24H2,1-5H3,(H2,38,39,45)/t25-,26-,27-,34-/m0/s1. The van der Waals surface area contributed by atoms with E-state index in [1.54, 1.807) is 61.4 Å². The molecule has 48 heavy (non-hydrogen) atoms. The highest BCUT2D eigenvalue weighted by atomic mass is 16.5. The molecule has 1 aliphatic heterocycles. The molecule has 2 aromatic rings. The summed E-state index contributed by atoms with van der Waals surface area (Å²) in [6.45, 7) is 6.83. The Hall–Kier alpha value is -3.83. The van der Waals surface area contributed by atoms with Gasteiger partial charge in [-0.15, -0.1) is 0 Å². The predicted molar refractivity (Wildman–Crippen MR) is 187 cm³/mol. The SMILES string of the molecule is COc1ccc(NC(=O)Nc2ccc3c(c2)C(=O)N([C@@H](C)CO)C[C@H](C)[C@H](CN(C)C(=O)C2CCCCC2)OCCCC[C@H](C)O3)cc1. The van der Waals surface area contributed by atoms with Crippen molar-refractivity contribution in [1.82, 2.24) is 9.80 Å². The van der Waals surface area contributed by atoms with Crippen molar-refractivity contribution in [3.8, 4) is 11.5 Å². The average molecular weight is 667 g/mol. The first-order valence-corrected chi connectivity index (χ1v) is 17.4. The number of nitrogens with one attached hydrogen (secondary N) is 2. The number of nitrogens with zero attached hydrogens (tertiary/aromatic N) is 2. The third kappa shape index (κ3) is 10.3. The highest BCUT2D eigenvalue weighted by Crippen LogP contribution is 2.29. The Morgan fingerprint density at radius 1 is 1.00 bits per heavy atom. The van der Waals surface area contributed by atoms with Gasteiger partial charge in [0.1, 0.15) is 11.5 Å². The van der Waals surface area contributed by atoms with E-state index in [0.29, 0.717) is 42.6 Å². The van der Waals surface area contributed by atoms with E-state index < -0.39 is 12.1 Å². The molecule has 1 aliphatic carbocycles. The molecule has 0 radical (unpaired) electrons. The van der Waals surface area contributed by atoms with E-state index in [-0.39, 0.29) is 48.0 Å². The van der Waals surface area contributed by atoms with Gasteiger partial charge < -0.3 is 39.8 Å². The lowest BCUT2D eigenvalue weighted by atomic mass is 9.88. The number of hydrogen-bond donors (Lipinski definition) is 3. The van der Waals surface area contributed by atoms with Crippen molar-refractivity contribution >= 4 is 29.2 Å². The van der Waals surface area contributed by atoms with Crippen LogP contribution in [-0.4, -0.2) is 91.5 Å². The summed E-state index contributed by atoms with van der Waals surface area (Å²) in [7, 11) is 3.43. The molecule has 11 heteroatoms. The summed E-state index contributed by atoms with van der Waals surface area (Å²) in [4.78, 5) is 44.1. The quantitative estimate of drug-likeness (QED) is 0.307. The fourth-order valence-corrected chi connectivity index (χ4v) is 6.45. The molecule has 1 heterocycles. The number of amides is 4. The molecule has 0 bridgehead atoms. The van der Waals surface area contributed by atoms with E-state index in [1.165, 1.54) is 6.42 Å². The highest BCUT2D eigenvalue weighted by molar-refractivity contribution is 6.02. The van der Waals surface area contributed by atoms with Crippen LogP contribution in [0.2, 0.25) is 0 Å². The number of anilines is 2. The van der Waals surface area contributed by atoms with E-state index >= 15 is 0 Å². The summed E-state index contributed by atoms with van der Waals surface area (Å²) in [6.07, 6.45) is 7.23. The molecule has 4 amide bonds. The largest absolute Gasteiger partial charge is 0.497 e. The first-order valence-electron chi connectivity index (χ1n) is 17.4. The van der Waals surface area contributed by atoms with Crippen molar-refractivity contribution in [3.63, 3.8) is 0 Å². The Labute approximate surface area is 285 Å². The van der Waals surface area contributed by atoms with Crippen LogP contribution in [0.15, 0.2) is 42.5 Å². The number of ether oxygens (including phenoxy) is 3. The molecule has 1 fully saturated rings. The summed E-state index contributed by atoms with van der Waals surface area (Å²) in [6, 6.07) is 11.0. The molecule has 0 unspecified atom stereocenters. The molecule has 3 N–H and O–H groups in total. The first kappa shape index (κ1) is 37.0. The summed E-state index contributed by atoms with van der Waals surface area (Å²) in [5, 5.41) is 15.9. The van der Waals surface area contributed by atoms with Gasteiger partial charge in [-0.1, -0.05) is 26.2 Å². The molecule has 4 rings (SSSR count). The Bertz CT molecular complexity index is 1350. The van der Waals surface area contributed by atoms with Gasteiger partial charge in [-0.05, 0) is 88.4 Å². The molecule has 1 saturated carbocycles. The van der Waals surface area contributed by atoms with Crippen LogP contribution in [0.1, 0.15) is 82.5 Å². The molecular weight excluding hydrogens is 612 g/mol. The molecule has 264 valence electrons. The summed E-state index contributed by atoms with van der Waals surface area (Å²) < 4.78 is 17.9. The highest BCUT2D eigenvalue weighted by Gasteiger charge is 2.32. The minimum Gasteiger partial charge on any atom is -0.497 e. The zero-order valence-electron chi connectivity index (χ0n) is 29.2. The number of fused-ring (bicyclic) bond motifs is 1. The lowest BCUT2D eigenvalue weighted by Crippen LogP contribution is -2.48. The van der Waals surface area contributed by atoms with Crippen LogP contribution in [0, 0.1) is 11.8 Å². The third-order valence-corrected chi connectivity index (χ3v) is 9.44. The lowest BCUT2D eigenvalue weighted by molar-refractivity contribution is -0.137. The van der Waals surface area contributed by atoms with Crippen molar-refractivity contribution in [2.24, 2.45) is 11.8 Å². The van der Waals surface area contributed by atoms with Crippen LogP contribution >= 0.6 is 0 Å². The maximum Gasteiger partial charge on any atom is 0.323 e. The maximum absolute atomic E-state index is 14.4. The summed E-state index contributed by atoms with van der Waals surface area (Å²) in [5.41, 5.74) is 1.29. The normalized spacial score (nSPS) is 22.0. The van der Waals surface area contributed by atoms with Gasteiger partial charge in [0.05, 0.1) is 37.5 Å². The summed E-state index contributed by atoms with van der Waals surface area (Å²) >= 11 is 0. The molecule has 0 saturated heterocycles. The zero-order valence-corrected chi connectivity index (χ0v) is 29.2. The van der Waals surface area contributed by atoms with Gasteiger partial charge in [-0.3, -0.25) is 9.59 Å². The van der Waals surface area contributed by atoms with E-state index in [9.17, 15) is 19.5 Å². The van der Waals surface area contributed by atoms with Crippen molar-refractivity contribution in [2.45, 2.75) is 90.4 Å². The topological polar surface area (TPSA) is 130 Å². The second-order valence-electron chi connectivity index (χ2n) is 13.4. The van der Waals surface area contributed by atoms with Crippen LogP contribution in [0.3, 0.4) is 0 Å².